The van der Waals surface area contributed by atoms with Gasteiger partial charge in [0.2, 0.25) is 5.91 Å². The summed E-state index contributed by atoms with van der Waals surface area (Å²) in [5.74, 6) is -0.794. The largest absolute Gasteiger partial charge is 0.416 e. The van der Waals surface area contributed by atoms with Gasteiger partial charge in [-0.1, -0.05) is 25.4 Å². The zero-order chi connectivity index (χ0) is 24.6. The van der Waals surface area contributed by atoms with Crippen molar-refractivity contribution in [2.45, 2.75) is 26.1 Å². The van der Waals surface area contributed by atoms with Crippen molar-refractivity contribution in [3.8, 4) is 22.5 Å². The maximum atomic E-state index is 14.8. The molecular weight excluding hydrogens is 474 g/mol. The molecule has 0 unspecified atom stereocenters. The Labute approximate surface area is 198 Å². The summed E-state index contributed by atoms with van der Waals surface area (Å²) in [6, 6.07) is 3.78. The molecule has 3 aromatic rings. The van der Waals surface area contributed by atoms with Crippen LogP contribution in [-0.4, -0.2) is 40.0 Å². The molecule has 178 valence electrons. The van der Waals surface area contributed by atoms with Gasteiger partial charge in [0.15, 0.2) is 0 Å². The van der Waals surface area contributed by atoms with E-state index in [-0.39, 0.29) is 39.8 Å². The Bertz CT molecular complexity index is 1230. The molecule has 0 atom stereocenters. The number of pyridine rings is 1. The fourth-order valence-electron chi connectivity index (χ4n) is 3.49. The second kappa shape index (κ2) is 9.17. The summed E-state index contributed by atoms with van der Waals surface area (Å²) in [6.45, 7) is 4.62. The van der Waals surface area contributed by atoms with E-state index < -0.39 is 17.6 Å². The van der Waals surface area contributed by atoms with E-state index in [0.29, 0.717) is 30.5 Å². The van der Waals surface area contributed by atoms with Crippen LogP contribution in [-0.2, 0) is 11.0 Å². The van der Waals surface area contributed by atoms with Gasteiger partial charge in [-0.05, 0) is 24.3 Å². The van der Waals surface area contributed by atoms with E-state index in [1.54, 1.807) is 19.9 Å². The van der Waals surface area contributed by atoms with Gasteiger partial charge in [0.05, 0.1) is 28.5 Å². The molecule has 1 saturated heterocycles. The Hall–Kier alpha value is -3.27. The smallest absolute Gasteiger partial charge is 0.351 e. The van der Waals surface area contributed by atoms with E-state index in [1.165, 1.54) is 18.6 Å². The van der Waals surface area contributed by atoms with Crippen LogP contribution < -0.4 is 10.2 Å². The van der Waals surface area contributed by atoms with E-state index in [1.807, 2.05) is 4.90 Å². The third kappa shape index (κ3) is 4.82. The molecule has 0 bridgehead atoms. The minimum absolute atomic E-state index is 0.0447. The van der Waals surface area contributed by atoms with Crippen molar-refractivity contribution in [1.29, 1.82) is 0 Å². The summed E-state index contributed by atoms with van der Waals surface area (Å²) in [7, 11) is 0. The van der Waals surface area contributed by atoms with Crippen molar-refractivity contribution in [1.82, 2.24) is 20.3 Å². The predicted octanol–water partition coefficient (Wildman–Crippen LogP) is 4.98. The van der Waals surface area contributed by atoms with Crippen LogP contribution in [0, 0.1) is 11.7 Å². The topological polar surface area (TPSA) is 71.0 Å². The van der Waals surface area contributed by atoms with Crippen molar-refractivity contribution >= 4 is 23.3 Å². The third-order valence-electron chi connectivity index (χ3n) is 5.42. The molecule has 1 amide bonds. The van der Waals surface area contributed by atoms with Gasteiger partial charge < -0.3 is 10.2 Å². The molecule has 34 heavy (non-hydrogen) atoms. The van der Waals surface area contributed by atoms with Gasteiger partial charge in [-0.25, -0.2) is 14.4 Å². The lowest BCUT2D eigenvalue weighted by atomic mass is 10.0. The Balaban J connectivity index is 1.70. The number of halogens is 5. The number of rotatable bonds is 5. The van der Waals surface area contributed by atoms with E-state index in [0.717, 1.165) is 12.1 Å². The summed E-state index contributed by atoms with van der Waals surface area (Å²) in [6.07, 6.45) is -0.389. The normalized spacial score (nSPS) is 14.3. The van der Waals surface area contributed by atoms with Gasteiger partial charge in [0, 0.05) is 42.5 Å². The number of hydrogen-bond acceptors (Lipinski definition) is 5. The van der Waals surface area contributed by atoms with Crippen LogP contribution in [0.4, 0.5) is 23.4 Å². The molecule has 0 spiro atoms. The number of carbonyl (C=O) groups is 1. The van der Waals surface area contributed by atoms with Crippen LogP contribution in [0.25, 0.3) is 22.5 Å². The molecule has 4 rings (SSSR count). The number of aromatic nitrogens is 3. The quantitative estimate of drug-likeness (QED) is 0.508. The zero-order valence-electron chi connectivity index (χ0n) is 18.2. The van der Waals surface area contributed by atoms with Crippen LogP contribution in [0.5, 0.6) is 0 Å². The summed E-state index contributed by atoms with van der Waals surface area (Å²) in [4.78, 5) is 26.7. The summed E-state index contributed by atoms with van der Waals surface area (Å²) < 4.78 is 53.7. The van der Waals surface area contributed by atoms with Crippen molar-refractivity contribution in [3.63, 3.8) is 0 Å². The lowest BCUT2D eigenvalue weighted by Gasteiger charge is -2.40. The average molecular weight is 494 g/mol. The maximum Gasteiger partial charge on any atom is 0.416 e. The minimum atomic E-state index is -4.68. The molecule has 0 radical (unpaired) electrons. The standard InChI is InChI=1S/C23H20ClF4N5O/c1-12(2)22(34)31-14-10-33(11-14)19-9-30-20(21(32-19)15-5-6-29-8-17(15)24)16-4-3-13(7-18(16)25)23(26,27)28/h3-9,12,14H,10-11H2,1-2H3,(H,31,34). The Morgan fingerprint density at radius 1 is 1.15 bits per heavy atom. The minimum Gasteiger partial charge on any atom is -0.351 e. The first-order valence-electron chi connectivity index (χ1n) is 10.4. The molecule has 1 aliphatic heterocycles. The highest BCUT2D eigenvalue weighted by molar-refractivity contribution is 6.33. The highest BCUT2D eigenvalue weighted by Gasteiger charge is 2.33. The Morgan fingerprint density at radius 2 is 1.88 bits per heavy atom. The van der Waals surface area contributed by atoms with E-state index in [9.17, 15) is 22.4 Å². The number of nitrogens with zero attached hydrogens (tertiary/aromatic N) is 4. The number of carbonyl (C=O) groups excluding carboxylic acids is 1. The molecule has 2 aromatic heterocycles. The van der Waals surface area contributed by atoms with E-state index in [4.69, 9.17) is 11.6 Å². The number of anilines is 1. The molecule has 0 saturated carbocycles. The molecule has 0 aliphatic carbocycles. The fourth-order valence-corrected chi connectivity index (χ4v) is 3.70. The molecule has 11 heteroatoms. The highest BCUT2D eigenvalue weighted by Crippen LogP contribution is 2.38. The summed E-state index contributed by atoms with van der Waals surface area (Å²) in [5, 5.41) is 3.16. The van der Waals surface area contributed by atoms with Crippen LogP contribution in [0.1, 0.15) is 19.4 Å². The van der Waals surface area contributed by atoms with Crippen molar-refractivity contribution in [2.75, 3.05) is 18.0 Å². The van der Waals surface area contributed by atoms with Crippen LogP contribution in [0.15, 0.2) is 42.9 Å². The van der Waals surface area contributed by atoms with Gasteiger partial charge in [0.25, 0.3) is 0 Å². The predicted molar refractivity (Wildman–Crippen MR) is 120 cm³/mol. The molecule has 1 fully saturated rings. The van der Waals surface area contributed by atoms with Crippen molar-refractivity contribution in [2.24, 2.45) is 5.92 Å². The van der Waals surface area contributed by atoms with Crippen molar-refractivity contribution < 1.29 is 22.4 Å². The summed E-state index contributed by atoms with van der Waals surface area (Å²) in [5.41, 5.74) is -0.575. The summed E-state index contributed by atoms with van der Waals surface area (Å²) >= 11 is 6.30. The lowest BCUT2D eigenvalue weighted by molar-refractivity contribution is -0.137. The maximum absolute atomic E-state index is 14.8. The monoisotopic (exact) mass is 493 g/mol. The Kier molecular flexibility index (Phi) is 6.44. The first-order chi connectivity index (χ1) is 16.0. The van der Waals surface area contributed by atoms with E-state index >= 15 is 0 Å². The molecule has 3 heterocycles. The van der Waals surface area contributed by atoms with E-state index in [2.05, 4.69) is 20.3 Å². The fraction of sp³-hybridized carbons (Fsp3) is 0.304. The molecule has 6 nitrogen and oxygen atoms in total. The number of hydrogen-bond donors (Lipinski definition) is 1. The molecule has 1 aromatic carbocycles. The SMILES string of the molecule is CC(C)C(=O)NC1CN(c2cnc(-c3ccc(C(F)(F)F)cc3F)c(-c3ccncc3Cl)n2)C1. The van der Waals surface area contributed by atoms with Gasteiger partial charge in [-0.15, -0.1) is 0 Å². The van der Waals surface area contributed by atoms with Crippen LogP contribution in [0.2, 0.25) is 5.02 Å². The first kappa shape index (κ1) is 23.9. The number of alkyl halides is 3. The Morgan fingerprint density at radius 3 is 2.50 bits per heavy atom. The molecular formula is C23H20ClF4N5O. The van der Waals surface area contributed by atoms with Crippen LogP contribution >= 0.6 is 11.6 Å². The highest BCUT2D eigenvalue weighted by atomic mass is 35.5. The van der Waals surface area contributed by atoms with Gasteiger partial charge in [-0.2, -0.15) is 13.2 Å². The lowest BCUT2D eigenvalue weighted by Crippen LogP contribution is -2.60. The number of nitrogens with one attached hydrogen (secondary N) is 1. The third-order valence-corrected chi connectivity index (χ3v) is 5.72. The molecule has 1 N–H and O–H groups in total. The number of amides is 1. The first-order valence-corrected chi connectivity index (χ1v) is 10.8. The van der Waals surface area contributed by atoms with Crippen LogP contribution in [0.3, 0.4) is 0 Å². The average Bonchev–Trinajstić information content (AvgIpc) is 2.75. The van der Waals surface area contributed by atoms with Gasteiger partial charge in [-0.3, -0.25) is 9.78 Å². The number of benzene rings is 1. The molecule has 1 aliphatic rings. The zero-order valence-corrected chi connectivity index (χ0v) is 19.0. The van der Waals surface area contributed by atoms with Gasteiger partial charge >= 0.3 is 6.18 Å². The second-order valence-electron chi connectivity index (χ2n) is 8.24. The van der Waals surface area contributed by atoms with Gasteiger partial charge in [0.1, 0.15) is 17.3 Å². The second-order valence-corrected chi connectivity index (χ2v) is 8.65. The van der Waals surface area contributed by atoms with Crippen molar-refractivity contribution in [3.05, 3.63) is 59.3 Å².